The fraction of sp³-hybridized carbons (Fsp3) is 0.583. The van der Waals surface area contributed by atoms with Crippen LogP contribution in [0.2, 0.25) is 0 Å². The summed E-state index contributed by atoms with van der Waals surface area (Å²) >= 11 is 0. The number of carbonyl (C=O) groups is 4. The van der Waals surface area contributed by atoms with E-state index in [-0.39, 0.29) is 23.9 Å². The highest BCUT2D eigenvalue weighted by Crippen LogP contribution is 2.21. The second-order valence-electron chi connectivity index (χ2n) is 15.2. The van der Waals surface area contributed by atoms with Crippen LogP contribution in [0.25, 0.3) is 0 Å². The molecule has 0 aromatic rings. The standard InChI is InChI=1S/4C12H20O2/c2*1-10(2)6-5-7-11(3)8-9-14-12(4)13;2*1-6-12(5,14-11(4)13)9-7-8-10(2)3/h2*6,8H,5,7,9H2,1-4H3;2*6,8H,1,7,9H2,2-5H3/b11-8+;11-8-;;. The highest BCUT2D eigenvalue weighted by molar-refractivity contribution is 5.67. The van der Waals surface area contributed by atoms with Crippen LogP contribution in [0.15, 0.2) is 95.2 Å². The van der Waals surface area contributed by atoms with E-state index in [4.69, 9.17) is 18.9 Å². The van der Waals surface area contributed by atoms with Gasteiger partial charge in [0.05, 0.1) is 0 Å². The third kappa shape index (κ3) is 47.8. The number of rotatable bonds is 20. The molecule has 2 unspecified atom stereocenters. The Bertz CT molecular complexity index is 1250. The predicted octanol–water partition coefficient (Wildman–Crippen LogP) is 13.0. The van der Waals surface area contributed by atoms with Crippen LogP contribution in [0.4, 0.5) is 0 Å². The summed E-state index contributed by atoms with van der Waals surface area (Å²) in [6.45, 7) is 38.3. The number of hydrogen-bond donors (Lipinski definition) is 0. The van der Waals surface area contributed by atoms with Crippen molar-refractivity contribution in [2.24, 2.45) is 0 Å². The normalized spacial score (nSPS) is 12.5. The number of esters is 4. The molecule has 8 heteroatoms. The molecule has 0 radical (unpaired) electrons. The molecule has 2 atom stereocenters. The van der Waals surface area contributed by atoms with E-state index in [0.29, 0.717) is 13.2 Å². The summed E-state index contributed by atoms with van der Waals surface area (Å²) in [6.07, 6.45) is 23.5. The maximum atomic E-state index is 10.8. The summed E-state index contributed by atoms with van der Waals surface area (Å²) in [7, 11) is 0. The summed E-state index contributed by atoms with van der Waals surface area (Å²) in [6, 6.07) is 0. The van der Waals surface area contributed by atoms with E-state index in [1.165, 1.54) is 61.1 Å². The molecule has 0 rings (SSSR count). The Kier molecular flexibility index (Phi) is 36.8. The van der Waals surface area contributed by atoms with E-state index in [2.05, 4.69) is 107 Å². The Morgan fingerprint density at radius 2 is 0.696 bits per heavy atom. The average molecular weight is 785 g/mol. The van der Waals surface area contributed by atoms with Crippen molar-refractivity contribution in [3.63, 3.8) is 0 Å². The summed E-state index contributed by atoms with van der Waals surface area (Å²) in [4.78, 5) is 42.6. The Labute approximate surface area is 342 Å². The van der Waals surface area contributed by atoms with Crippen LogP contribution in [0.3, 0.4) is 0 Å². The van der Waals surface area contributed by atoms with Gasteiger partial charge < -0.3 is 18.9 Å². The molecule has 8 nitrogen and oxygen atoms in total. The molecule has 0 spiro atoms. The van der Waals surface area contributed by atoms with Crippen molar-refractivity contribution in [2.75, 3.05) is 13.2 Å². The van der Waals surface area contributed by atoms with Crippen molar-refractivity contribution >= 4 is 23.9 Å². The fourth-order valence-corrected chi connectivity index (χ4v) is 4.32. The molecular formula is C48H80O8. The SMILES string of the molecule is C=CC(C)(CCC=C(C)C)OC(C)=O.C=CC(C)(CCC=C(C)C)OC(C)=O.CC(=O)OC/C=C(/C)CCC=C(C)C.CC(=O)OC/C=C(\C)CCC=C(C)C. The second kappa shape index (κ2) is 35.2. The van der Waals surface area contributed by atoms with E-state index in [9.17, 15) is 19.2 Å². The molecule has 0 aliphatic heterocycles. The number of ether oxygens (including phenoxy) is 4. The van der Waals surface area contributed by atoms with E-state index in [1.54, 1.807) is 12.2 Å². The monoisotopic (exact) mass is 785 g/mol. The molecule has 56 heavy (non-hydrogen) atoms. The molecule has 0 aromatic heterocycles. The van der Waals surface area contributed by atoms with Crippen LogP contribution in [-0.2, 0) is 38.1 Å². The van der Waals surface area contributed by atoms with E-state index in [1.807, 2.05) is 26.0 Å². The highest BCUT2D eigenvalue weighted by Gasteiger charge is 2.23. The lowest BCUT2D eigenvalue weighted by Gasteiger charge is -2.24. The van der Waals surface area contributed by atoms with Gasteiger partial charge in [0.2, 0.25) is 0 Å². The topological polar surface area (TPSA) is 105 Å². The molecule has 0 aromatic carbocycles. The lowest BCUT2D eigenvalue weighted by atomic mass is 9.99. The van der Waals surface area contributed by atoms with Gasteiger partial charge in [0.15, 0.2) is 0 Å². The average Bonchev–Trinajstić information content (AvgIpc) is 3.04. The van der Waals surface area contributed by atoms with Gasteiger partial charge in [0.1, 0.15) is 24.4 Å². The minimum atomic E-state index is -0.530. The molecule has 0 saturated carbocycles. The Balaban J connectivity index is -0.000000322. The van der Waals surface area contributed by atoms with E-state index in [0.717, 1.165) is 51.4 Å². The number of hydrogen-bond acceptors (Lipinski definition) is 8. The molecule has 0 amide bonds. The Morgan fingerprint density at radius 3 is 0.911 bits per heavy atom. The molecule has 0 N–H and O–H groups in total. The van der Waals surface area contributed by atoms with Gasteiger partial charge in [0.25, 0.3) is 0 Å². The van der Waals surface area contributed by atoms with Crippen molar-refractivity contribution in [2.45, 2.75) is 173 Å². The summed E-state index contributed by atoms with van der Waals surface area (Å²) in [5.41, 5.74) is 6.72. The molecule has 320 valence electrons. The fourth-order valence-electron chi connectivity index (χ4n) is 4.32. The first-order valence-electron chi connectivity index (χ1n) is 19.6. The van der Waals surface area contributed by atoms with Crippen molar-refractivity contribution in [1.29, 1.82) is 0 Å². The predicted molar refractivity (Wildman–Crippen MR) is 236 cm³/mol. The summed E-state index contributed by atoms with van der Waals surface area (Å²) < 4.78 is 20.0. The van der Waals surface area contributed by atoms with Crippen LogP contribution in [-0.4, -0.2) is 48.3 Å². The first-order valence-corrected chi connectivity index (χ1v) is 19.6. The molecule has 0 saturated heterocycles. The maximum Gasteiger partial charge on any atom is 0.303 e. The van der Waals surface area contributed by atoms with Gasteiger partial charge in [-0.05, 0) is 159 Å². The Morgan fingerprint density at radius 1 is 0.429 bits per heavy atom. The van der Waals surface area contributed by atoms with Gasteiger partial charge in [-0.25, -0.2) is 0 Å². The summed E-state index contributed by atoms with van der Waals surface area (Å²) in [5, 5.41) is 0. The van der Waals surface area contributed by atoms with Crippen molar-refractivity contribution in [3.05, 3.63) is 95.2 Å². The van der Waals surface area contributed by atoms with E-state index < -0.39 is 11.2 Å². The summed E-state index contributed by atoms with van der Waals surface area (Å²) in [5.74, 6) is -0.967. The van der Waals surface area contributed by atoms with Crippen LogP contribution < -0.4 is 0 Å². The van der Waals surface area contributed by atoms with Crippen LogP contribution in [0.1, 0.15) is 162 Å². The molecule has 0 aliphatic carbocycles. The highest BCUT2D eigenvalue weighted by atomic mass is 16.6. The van der Waals surface area contributed by atoms with Crippen molar-refractivity contribution < 1.29 is 38.1 Å². The van der Waals surface area contributed by atoms with Gasteiger partial charge >= 0.3 is 23.9 Å². The third-order valence-electron chi connectivity index (χ3n) is 7.62. The lowest BCUT2D eigenvalue weighted by molar-refractivity contribution is -0.152. The van der Waals surface area contributed by atoms with Gasteiger partial charge in [-0.2, -0.15) is 0 Å². The number of allylic oxidation sites excluding steroid dienone is 10. The van der Waals surface area contributed by atoms with Gasteiger partial charge in [0, 0.05) is 27.7 Å². The molecule has 0 heterocycles. The zero-order valence-corrected chi connectivity index (χ0v) is 38.4. The van der Waals surface area contributed by atoms with Gasteiger partial charge in [-0.3, -0.25) is 19.2 Å². The van der Waals surface area contributed by atoms with Crippen LogP contribution in [0.5, 0.6) is 0 Å². The third-order valence-corrected chi connectivity index (χ3v) is 7.62. The zero-order valence-electron chi connectivity index (χ0n) is 38.4. The van der Waals surface area contributed by atoms with Crippen LogP contribution >= 0.6 is 0 Å². The smallest absolute Gasteiger partial charge is 0.303 e. The quantitative estimate of drug-likeness (QED) is 0.0682. The lowest BCUT2D eigenvalue weighted by Crippen LogP contribution is -2.27. The molecular weight excluding hydrogens is 705 g/mol. The van der Waals surface area contributed by atoms with Gasteiger partial charge in [-0.15, -0.1) is 0 Å². The second-order valence-corrected chi connectivity index (χ2v) is 15.2. The Hall–Kier alpha value is -4.20. The van der Waals surface area contributed by atoms with E-state index >= 15 is 0 Å². The number of carbonyl (C=O) groups excluding carboxylic acids is 4. The van der Waals surface area contributed by atoms with Gasteiger partial charge in [-0.1, -0.05) is 70.9 Å². The minimum absolute atomic E-state index is 0.224. The molecule has 0 fully saturated rings. The molecule has 0 bridgehead atoms. The van der Waals surface area contributed by atoms with Crippen LogP contribution in [0, 0.1) is 0 Å². The minimum Gasteiger partial charge on any atom is -0.462 e. The zero-order chi connectivity index (χ0) is 44.3. The van der Waals surface area contributed by atoms with Crippen molar-refractivity contribution in [3.8, 4) is 0 Å². The molecule has 0 aliphatic rings. The largest absolute Gasteiger partial charge is 0.462 e. The first kappa shape index (κ1) is 58.5. The maximum absolute atomic E-state index is 10.8. The first-order chi connectivity index (χ1) is 25.8. The van der Waals surface area contributed by atoms with Crippen molar-refractivity contribution in [1.82, 2.24) is 0 Å².